The average molecular weight is 316 g/mol. The molecule has 1 heterocycles. The number of hydrogen-bond donors (Lipinski definition) is 1. The van der Waals surface area contributed by atoms with Gasteiger partial charge in [-0.1, -0.05) is 26.0 Å². The van der Waals surface area contributed by atoms with Gasteiger partial charge in [-0.3, -0.25) is 9.59 Å². The van der Waals surface area contributed by atoms with Gasteiger partial charge in [0, 0.05) is 24.2 Å². The summed E-state index contributed by atoms with van der Waals surface area (Å²) in [5, 5.41) is 2.92. The van der Waals surface area contributed by atoms with E-state index in [0.717, 1.165) is 18.4 Å². The smallest absolute Gasteiger partial charge is 0.265 e. The van der Waals surface area contributed by atoms with Gasteiger partial charge in [-0.15, -0.1) is 0 Å². The highest BCUT2D eigenvalue weighted by Crippen LogP contribution is 2.35. The normalized spacial score (nSPS) is 13.6. The van der Waals surface area contributed by atoms with Crippen LogP contribution in [0.4, 0.5) is 11.4 Å². The molecule has 0 aromatic heterocycles. The number of benzene rings is 1. The second-order valence-electron chi connectivity index (χ2n) is 5.91. The van der Waals surface area contributed by atoms with Gasteiger partial charge in [-0.05, 0) is 31.9 Å². The number of fused-ring (bicyclic) bond motifs is 1. The molecule has 0 radical (unpaired) electrons. The van der Waals surface area contributed by atoms with Crippen molar-refractivity contribution in [2.75, 3.05) is 23.4 Å². The third kappa shape index (κ3) is 3.92. The number of amides is 2. The lowest BCUT2D eigenvalue weighted by Crippen LogP contribution is -2.39. The SMILES string of the molecule is C=C(C)CN1C(=O)COc2cc(NC(=O)C(CC)CC)ccc21. The highest BCUT2D eigenvalue weighted by molar-refractivity contribution is 5.99. The van der Waals surface area contributed by atoms with Crippen LogP contribution in [0.5, 0.6) is 5.75 Å². The first-order valence-electron chi connectivity index (χ1n) is 7.98. The molecule has 5 nitrogen and oxygen atoms in total. The summed E-state index contributed by atoms with van der Waals surface area (Å²) in [5.74, 6) is 0.539. The third-order valence-electron chi connectivity index (χ3n) is 3.95. The average Bonchev–Trinajstić information content (AvgIpc) is 2.51. The lowest BCUT2D eigenvalue weighted by atomic mass is 10.0. The molecule has 2 rings (SSSR count). The molecule has 1 aliphatic heterocycles. The molecule has 0 atom stereocenters. The Hall–Kier alpha value is -2.30. The van der Waals surface area contributed by atoms with Gasteiger partial charge in [0.2, 0.25) is 5.91 Å². The lowest BCUT2D eigenvalue weighted by molar-refractivity contribution is -0.121. The lowest BCUT2D eigenvalue weighted by Gasteiger charge is -2.30. The zero-order chi connectivity index (χ0) is 17.0. The van der Waals surface area contributed by atoms with E-state index in [4.69, 9.17) is 4.74 Å². The van der Waals surface area contributed by atoms with Crippen molar-refractivity contribution >= 4 is 23.2 Å². The molecule has 0 saturated carbocycles. The van der Waals surface area contributed by atoms with E-state index in [1.165, 1.54) is 0 Å². The molecule has 23 heavy (non-hydrogen) atoms. The largest absolute Gasteiger partial charge is 0.481 e. The van der Waals surface area contributed by atoms with Crippen molar-refractivity contribution in [3.05, 3.63) is 30.4 Å². The summed E-state index contributed by atoms with van der Waals surface area (Å²) in [6, 6.07) is 5.37. The quantitative estimate of drug-likeness (QED) is 0.819. The summed E-state index contributed by atoms with van der Waals surface area (Å²) in [4.78, 5) is 25.8. The third-order valence-corrected chi connectivity index (χ3v) is 3.95. The van der Waals surface area contributed by atoms with E-state index in [0.29, 0.717) is 23.7 Å². The van der Waals surface area contributed by atoms with Crippen molar-refractivity contribution in [2.45, 2.75) is 33.6 Å². The fourth-order valence-corrected chi connectivity index (χ4v) is 2.63. The molecule has 5 heteroatoms. The molecule has 2 amide bonds. The van der Waals surface area contributed by atoms with E-state index in [9.17, 15) is 9.59 Å². The Labute approximate surface area is 137 Å². The first kappa shape index (κ1) is 17.1. The summed E-state index contributed by atoms with van der Waals surface area (Å²) < 4.78 is 5.51. The van der Waals surface area contributed by atoms with Gasteiger partial charge in [-0.25, -0.2) is 0 Å². The number of nitrogens with zero attached hydrogens (tertiary/aromatic N) is 1. The number of ether oxygens (including phenoxy) is 1. The van der Waals surface area contributed by atoms with Gasteiger partial charge in [0.1, 0.15) is 5.75 Å². The Morgan fingerprint density at radius 1 is 1.39 bits per heavy atom. The molecule has 1 aliphatic rings. The Morgan fingerprint density at radius 3 is 2.70 bits per heavy atom. The Morgan fingerprint density at radius 2 is 2.09 bits per heavy atom. The number of carbonyl (C=O) groups is 2. The van der Waals surface area contributed by atoms with Gasteiger partial charge in [-0.2, -0.15) is 0 Å². The fraction of sp³-hybridized carbons (Fsp3) is 0.444. The van der Waals surface area contributed by atoms with Crippen LogP contribution in [0.2, 0.25) is 0 Å². The minimum atomic E-state index is -0.0886. The summed E-state index contributed by atoms with van der Waals surface area (Å²) in [6.45, 7) is 10.2. The molecule has 1 aromatic carbocycles. The standard InChI is InChI=1S/C18H24N2O3/c1-5-13(6-2)18(22)19-14-7-8-15-16(9-14)23-11-17(21)20(15)10-12(3)4/h7-9,13H,3,5-6,10-11H2,1-2,4H3,(H,19,22). The van der Waals surface area contributed by atoms with Crippen LogP contribution >= 0.6 is 0 Å². The second-order valence-corrected chi connectivity index (χ2v) is 5.91. The van der Waals surface area contributed by atoms with Crippen molar-refractivity contribution in [1.29, 1.82) is 0 Å². The van der Waals surface area contributed by atoms with Crippen LogP contribution in [-0.4, -0.2) is 25.0 Å². The molecule has 0 spiro atoms. The monoisotopic (exact) mass is 316 g/mol. The van der Waals surface area contributed by atoms with Crippen LogP contribution in [0.3, 0.4) is 0 Å². The van der Waals surface area contributed by atoms with E-state index >= 15 is 0 Å². The summed E-state index contributed by atoms with van der Waals surface area (Å²) in [5.41, 5.74) is 2.30. The molecule has 0 bridgehead atoms. The molecule has 1 N–H and O–H groups in total. The van der Waals surface area contributed by atoms with Crippen LogP contribution in [-0.2, 0) is 9.59 Å². The molecule has 0 fully saturated rings. The first-order chi connectivity index (χ1) is 11.0. The number of nitrogens with one attached hydrogen (secondary N) is 1. The predicted molar refractivity (Wildman–Crippen MR) is 91.8 cm³/mol. The topological polar surface area (TPSA) is 58.6 Å². The zero-order valence-electron chi connectivity index (χ0n) is 14.0. The highest BCUT2D eigenvalue weighted by atomic mass is 16.5. The maximum atomic E-state index is 12.2. The Bertz CT molecular complexity index is 621. The minimum Gasteiger partial charge on any atom is -0.481 e. The summed E-state index contributed by atoms with van der Waals surface area (Å²) in [6.07, 6.45) is 1.62. The second kappa shape index (κ2) is 7.31. The van der Waals surface area contributed by atoms with Gasteiger partial charge in [0.05, 0.1) is 5.69 Å². The highest BCUT2D eigenvalue weighted by Gasteiger charge is 2.26. The molecule has 0 saturated heterocycles. The molecule has 0 aliphatic carbocycles. The Balaban J connectivity index is 2.21. The number of carbonyl (C=O) groups excluding carboxylic acids is 2. The number of anilines is 2. The van der Waals surface area contributed by atoms with E-state index in [-0.39, 0.29) is 24.3 Å². The van der Waals surface area contributed by atoms with Crippen molar-refractivity contribution in [3.8, 4) is 5.75 Å². The maximum absolute atomic E-state index is 12.2. The molecule has 124 valence electrons. The van der Waals surface area contributed by atoms with Crippen LogP contribution in [0.1, 0.15) is 33.6 Å². The van der Waals surface area contributed by atoms with Crippen LogP contribution < -0.4 is 15.0 Å². The zero-order valence-corrected chi connectivity index (χ0v) is 14.0. The van der Waals surface area contributed by atoms with Gasteiger partial charge < -0.3 is 15.0 Å². The maximum Gasteiger partial charge on any atom is 0.265 e. The van der Waals surface area contributed by atoms with E-state index in [2.05, 4.69) is 11.9 Å². The predicted octanol–water partition coefficient (Wildman–Crippen LogP) is 3.36. The molecule has 0 unspecified atom stereocenters. The first-order valence-corrected chi connectivity index (χ1v) is 7.98. The summed E-state index contributed by atoms with van der Waals surface area (Å²) >= 11 is 0. The fourth-order valence-electron chi connectivity index (χ4n) is 2.63. The Kier molecular flexibility index (Phi) is 5.42. The number of rotatable bonds is 6. The van der Waals surface area contributed by atoms with Crippen molar-refractivity contribution < 1.29 is 14.3 Å². The van der Waals surface area contributed by atoms with Crippen LogP contribution in [0.25, 0.3) is 0 Å². The van der Waals surface area contributed by atoms with Gasteiger partial charge in [0.15, 0.2) is 6.61 Å². The van der Waals surface area contributed by atoms with Crippen molar-refractivity contribution in [3.63, 3.8) is 0 Å². The van der Waals surface area contributed by atoms with E-state index in [1.807, 2.05) is 20.8 Å². The molecule has 1 aromatic rings. The summed E-state index contributed by atoms with van der Waals surface area (Å²) in [7, 11) is 0. The van der Waals surface area contributed by atoms with Gasteiger partial charge >= 0.3 is 0 Å². The minimum absolute atomic E-state index is 0.00419. The number of hydrogen-bond acceptors (Lipinski definition) is 3. The van der Waals surface area contributed by atoms with Crippen molar-refractivity contribution in [2.24, 2.45) is 5.92 Å². The van der Waals surface area contributed by atoms with Crippen molar-refractivity contribution in [1.82, 2.24) is 0 Å². The van der Waals surface area contributed by atoms with E-state index < -0.39 is 0 Å². The van der Waals surface area contributed by atoms with Gasteiger partial charge in [0.25, 0.3) is 5.91 Å². The van der Waals surface area contributed by atoms with Crippen LogP contribution in [0, 0.1) is 5.92 Å². The molecular weight excluding hydrogens is 292 g/mol. The van der Waals surface area contributed by atoms with E-state index in [1.54, 1.807) is 23.1 Å². The molecular formula is C18H24N2O3. The van der Waals surface area contributed by atoms with Crippen LogP contribution in [0.15, 0.2) is 30.4 Å².